The molecule has 1 fully saturated rings. The molecule has 1 saturated heterocycles. The smallest absolute Gasteiger partial charge is 0.222 e. The van der Waals surface area contributed by atoms with E-state index in [1.54, 1.807) is 11.3 Å². The van der Waals surface area contributed by atoms with Gasteiger partial charge in [0.1, 0.15) is 0 Å². The summed E-state index contributed by atoms with van der Waals surface area (Å²) in [4.78, 5) is 11.6. The summed E-state index contributed by atoms with van der Waals surface area (Å²) in [5.41, 5.74) is 1.29. The van der Waals surface area contributed by atoms with Crippen LogP contribution in [0.15, 0.2) is 16.8 Å². The van der Waals surface area contributed by atoms with Crippen LogP contribution in [-0.2, 0) is 16.0 Å². The minimum Gasteiger partial charge on any atom is -0.378 e. The molecule has 19 heavy (non-hydrogen) atoms. The first-order chi connectivity index (χ1) is 9.34. The molecule has 1 aliphatic rings. The van der Waals surface area contributed by atoms with Crippen molar-refractivity contribution in [1.82, 2.24) is 10.6 Å². The van der Waals surface area contributed by atoms with E-state index in [1.807, 2.05) is 0 Å². The maximum absolute atomic E-state index is 11.6. The van der Waals surface area contributed by atoms with Gasteiger partial charge < -0.3 is 15.4 Å². The van der Waals surface area contributed by atoms with E-state index < -0.39 is 0 Å². The highest BCUT2D eigenvalue weighted by Gasteiger charge is 2.13. The summed E-state index contributed by atoms with van der Waals surface area (Å²) in [6.07, 6.45) is 3.82. The second-order valence-electron chi connectivity index (χ2n) is 4.80. The van der Waals surface area contributed by atoms with E-state index in [0.29, 0.717) is 25.7 Å². The Morgan fingerprint density at radius 2 is 2.32 bits per heavy atom. The van der Waals surface area contributed by atoms with E-state index in [4.69, 9.17) is 4.74 Å². The molecule has 0 unspecified atom stereocenters. The van der Waals surface area contributed by atoms with Crippen LogP contribution in [0.4, 0.5) is 0 Å². The van der Waals surface area contributed by atoms with Crippen molar-refractivity contribution in [1.29, 1.82) is 0 Å². The molecule has 2 N–H and O–H groups in total. The predicted molar refractivity (Wildman–Crippen MR) is 77.5 cm³/mol. The van der Waals surface area contributed by atoms with E-state index in [2.05, 4.69) is 27.5 Å². The zero-order valence-electron chi connectivity index (χ0n) is 11.2. The average Bonchev–Trinajstić information content (AvgIpc) is 2.93. The molecular weight excluding hydrogens is 260 g/mol. The van der Waals surface area contributed by atoms with Crippen LogP contribution in [0.5, 0.6) is 0 Å². The van der Waals surface area contributed by atoms with Crippen LogP contribution in [0.25, 0.3) is 0 Å². The van der Waals surface area contributed by atoms with Crippen LogP contribution in [0.1, 0.15) is 24.8 Å². The van der Waals surface area contributed by atoms with Crippen LogP contribution in [0, 0.1) is 0 Å². The van der Waals surface area contributed by atoms with Crippen molar-refractivity contribution in [3.8, 4) is 0 Å². The molecule has 106 valence electrons. The van der Waals surface area contributed by atoms with Gasteiger partial charge in [0, 0.05) is 13.0 Å². The van der Waals surface area contributed by atoms with Crippen LogP contribution in [0.2, 0.25) is 0 Å². The lowest BCUT2D eigenvalue weighted by molar-refractivity contribution is -0.122. The highest BCUT2D eigenvalue weighted by atomic mass is 32.1. The summed E-state index contributed by atoms with van der Waals surface area (Å²) >= 11 is 1.69. The van der Waals surface area contributed by atoms with Crippen molar-refractivity contribution < 1.29 is 9.53 Å². The molecule has 0 aliphatic carbocycles. The van der Waals surface area contributed by atoms with E-state index in [9.17, 15) is 4.79 Å². The summed E-state index contributed by atoms with van der Waals surface area (Å²) < 4.78 is 5.71. The van der Waals surface area contributed by atoms with Crippen molar-refractivity contribution >= 4 is 17.2 Å². The molecule has 4 nitrogen and oxygen atoms in total. The molecule has 2 rings (SSSR count). The van der Waals surface area contributed by atoms with Crippen LogP contribution in [0.3, 0.4) is 0 Å². The Hall–Kier alpha value is -0.910. The van der Waals surface area contributed by atoms with Gasteiger partial charge in [-0.25, -0.2) is 0 Å². The van der Waals surface area contributed by atoms with Gasteiger partial charge in [-0.1, -0.05) is 0 Å². The van der Waals surface area contributed by atoms with Gasteiger partial charge >= 0.3 is 0 Å². The predicted octanol–water partition coefficient (Wildman–Crippen LogP) is 1.57. The number of nitrogens with one attached hydrogen (secondary N) is 2. The highest BCUT2D eigenvalue weighted by Crippen LogP contribution is 2.07. The third kappa shape index (κ3) is 5.72. The van der Waals surface area contributed by atoms with E-state index >= 15 is 0 Å². The number of amides is 1. The lowest BCUT2D eigenvalue weighted by Crippen LogP contribution is -2.33. The van der Waals surface area contributed by atoms with Crippen molar-refractivity contribution in [2.45, 2.75) is 31.8 Å². The zero-order valence-corrected chi connectivity index (χ0v) is 12.0. The number of carbonyl (C=O) groups is 1. The number of carbonyl (C=O) groups excluding carboxylic acids is 1. The largest absolute Gasteiger partial charge is 0.378 e. The fourth-order valence-corrected chi connectivity index (χ4v) is 2.85. The van der Waals surface area contributed by atoms with E-state index in [0.717, 1.165) is 32.4 Å². The van der Waals surface area contributed by atoms with Crippen molar-refractivity contribution in [3.63, 3.8) is 0 Å². The first kappa shape index (κ1) is 14.5. The monoisotopic (exact) mass is 282 g/mol. The Morgan fingerprint density at radius 3 is 3.05 bits per heavy atom. The molecule has 2 heterocycles. The highest BCUT2D eigenvalue weighted by molar-refractivity contribution is 7.07. The Balaban J connectivity index is 1.49. The normalized spacial score (nSPS) is 16.4. The number of thiophene rings is 1. The van der Waals surface area contributed by atoms with Crippen molar-refractivity contribution in [3.05, 3.63) is 22.4 Å². The molecule has 0 saturated carbocycles. The quantitative estimate of drug-likeness (QED) is 0.798. The lowest BCUT2D eigenvalue weighted by Gasteiger charge is -2.22. The zero-order chi connectivity index (χ0) is 13.3. The van der Waals surface area contributed by atoms with Crippen molar-refractivity contribution in [2.24, 2.45) is 0 Å². The van der Waals surface area contributed by atoms with Gasteiger partial charge in [-0.05, 0) is 54.7 Å². The Morgan fingerprint density at radius 1 is 1.47 bits per heavy atom. The van der Waals surface area contributed by atoms with Gasteiger partial charge in [0.05, 0.1) is 12.7 Å². The molecule has 0 aromatic carbocycles. The van der Waals surface area contributed by atoms with Crippen LogP contribution >= 0.6 is 11.3 Å². The summed E-state index contributed by atoms with van der Waals surface area (Å²) in [5, 5.41) is 10.4. The van der Waals surface area contributed by atoms with Gasteiger partial charge in [-0.3, -0.25) is 4.79 Å². The third-order valence-corrected chi connectivity index (χ3v) is 4.02. The Labute approximate surface area is 118 Å². The number of hydrogen-bond acceptors (Lipinski definition) is 4. The average molecular weight is 282 g/mol. The molecule has 0 spiro atoms. The first-order valence-electron chi connectivity index (χ1n) is 6.94. The summed E-state index contributed by atoms with van der Waals surface area (Å²) in [6, 6.07) is 2.09. The summed E-state index contributed by atoms with van der Waals surface area (Å²) in [5.74, 6) is 0.0872. The lowest BCUT2D eigenvalue weighted by atomic mass is 10.1. The molecular formula is C14H22N2O2S. The number of hydrogen-bond donors (Lipinski definition) is 2. The fourth-order valence-electron chi connectivity index (χ4n) is 2.15. The standard InChI is InChI=1S/C14H22N2O2S/c17-14(16-8-1-12-5-10-19-11-12)4-9-18-13-2-6-15-7-3-13/h5,10-11,13,15H,1-4,6-9H2,(H,16,17). The molecule has 5 heteroatoms. The second-order valence-corrected chi connectivity index (χ2v) is 5.58. The number of piperidine rings is 1. The summed E-state index contributed by atoms with van der Waals surface area (Å²) in [6.45, 7) is 3.30. The van der Waals surface area contributed by atoms with E-state index in [1.165, 1.54) is 5.56 Å². The van der Waals surface area contributed by atoms with Gasteiger partial charge in [-0.15, -0.1) is 0 Å². The molecule has 1 aliphatic heterocycles. The molecule has 0 bridgehead atoms. The van der Waals surface area contributed by atoms with E-state index in [-0.39, 0.29) is 5.91 Å². The first-order valence-corrected chi connectivity index (χ1v) is 7.89. The minimum absolute atomic E-state index is 0.0872. The van der Waals surface area contributed by atoms with Gasteiger partial charge in [0.15, 0.2) is 0 Å². The topological polar surface area (TPSA) is 50.4 Å². The van der Waals surface area contributed by atoms with Crippen LogP contribution in [-0.4, -0.2) is 38.3 Å². The Kier molecular flexibility index (Phi) is 6.33. The SMILES string of the molecule is O=C(CCOC1CCNCC1)NCCc1ccsc1. The molecule has 0 atom stereocenters. The van der Waals surface area contributed by atoms with Gasteiger partial charge in [-0.2, -0.15) is 11.3 Å². The second kappa shape index (κ2) is 8.30. The molecule has 0 radical (unpaired) electrons. The fraction of sp³-hybridized carbons (Fsp3) is 0.643. The van der Waals surface area contributed by atoms with Crippen molar-refractivity contribution in [2.75, 3.05) is 26.2 Å². The maximum Gasteiger partial charge on any atom is 0.222 e. The van der Waals surface area contributed by atoms with Gasteiger partial charge in [0.2, 0.25) is 5.91 Å². The molecule has 1 aromatic heterocycles. The van der Waals surface area contributed by atoms with Gasteiger partial charge in [0.25, 0.3) is 0 Å². The Bertz CT molecular complexity index is 362. The number of ether oxygens (including phenoxy) is 1. The third-order valence-electron chi connectivity index (χ3n) is 3.28. The molecule has 1 amide bonds. The summed E-state index contributed by atoms with van der Waals surface area (Å²) in [7, 11) is 0. The minimum atomic E-state index is 0.0872. The maximum atomic E-state index is 11.6. The number of rotatable bonds is 7. The van der Waals surface area contributed by atoms with Crippen LogP contribution < -0.4 is 10.6 Å². The molecule has 1 aromatic rings.